The molecule has 0 saturated carbocycles. The van der Waals surface area contributed by atoms with Crippen LogP contribution < -0.4 is 14.8 Å². The number of rotatable bonds is 6. The summed E-state index contributed by atoms with van der Waals surface area (Å²) in [6.07, 6.45) is -3.24. The molecule has 2 aromatic carbocycles. The maximum atomic E-state index is 13.0. The van der Waals surface area contributed by atoms with E-state index in [0.717, 1.165) is 16.8 Å². The van der Waals surface area contributed by atoms with Crippen molar-refractivity contribution in [1.82, 2.24) is 9.78 Å². The number of ether oxygens (including phenoxy) is 2. The number of hydrogen-bond donors (Lipinski definition) is 1. The number of thiophene rings is 1. The molecule has 0 aliphatic carbocycles. The molecule has 0 aliphatic rings. The highest BCUT2D eigenvalue weighted by Crippen LogP contribution is 2.31. The zero-order valence-electron chi connectivity index (χ0n) is 17.5. The number of anilines is 1. The van der Waals surface area contributed by atoms with Crippen molar-refractivity contribution in [2.24, 2.45) is 0 Å². The third-order valence-corrected chi connectivity index (χ3v) is 5.47. The number of nitrogens with zero attached hydrogens (tertiary/aromatic N) is 2. The topological polar surface area (TPSA) is 82.5 Å². The smallest absolute Gasteiger partial charge is 0.416 e. The molecule has 0 radical (unpaired) electrons. The Labute approximate surface area is 195 Å². The fourth-order valence-electron chi connectivity index (χ4n) is 2.97. The van der Waals surface area contributed by atoms with Gasteiger partial charge in [0.2, 0.25) is 5.69 Å². The normalized spacial score (nSPS) is 11.2. The lowest BCUT2D eigenvalue weighted by Gasteiger charge is -2.08. The molecule has 4 aromatic rings. The summed E-state index contributed by atoms with van der Waals surface area (Å²) in [5.74, 6) is -0.917. The molecule has 0 unspecified atom stereocenters. The van der Waals surface area contributed by atoms with Crippen LogP contribution in [-0.2, 0) is 6.18 Å². The Kier molecular flexibility index (Phi) is 6.37. The summed E-state index contributed by atoms with van der Waals surface area (Å²) in [5.41, 5.74) is -0.465. The minimum absolute atomic E-state index is 0.0299. The van der Waals surface area contributed by atoms with E-state index in [1.165, 1.54) is 48.9 Å². The Balaban J connectivity index is 1.49. The molecule has 1 amide bonds. The standard InChI is InChI=1S/C23H16F3N3O4S/c1-32-18-13-29(16-5-2-4-14(12-16)23(24,25)26)28-20(18)22(31)33-17-9-7-15(8-10-17)27-21(30)19-6-3-11-34-19/h2-13H,1H3,(H,27,30). The lowest BCUT2D eigenvalue weighted by atomic mass is 10.2. The van der Waals surface area contributed by atoms with Gasteiger partial charge in [0.1, 0.15) is 5.75 Å². The summed E-state index contributed by atoms with van der Waals surface area (Å²) in [4.78, 5) is 25.3. The number of hydrogen-bond acceptors (Lipinski definition) is 6. The van der Waals surface area contributed by atoms with Crippen LogP contribution in [-0.4, -0.2) is 28.8 Å². The maximum absolute atomic E-state index is 13.0. The second kappa shape index (κ2) is 9.40. The van der Waals surface area contributed by atoms with Crippen LogP contribution in [0.25, 0.3) is 5.69 Å². The van der Waals surface area contributed by atoms with E-state index in [1.807, 2.05) is 0 Å². The summed E-state index contributed by atoms with van der Waals surface area (Å²) in [5, 5.41) is 8.57. The third-order valence-electron chi connectivity index (χ3n) is 4.60. The maximum Gasteiger partial charge on any atom is 0.416 e. The summed E-state index contributed by atoms with van der Waals surface area (Å²) < 4.78 is 50.6. The van der Waals surface area contributed by atoms with Gasteiger partial charge in [0.15, 0.2) is 5.75 Å². The second-order valence-corrected chi connectivity index (χ2v) is 7.83. The number of nitrogens with one attached hydrogen (secondary N) is 1. The molecule has 174 valence electrons. The first-order chi connectivity index (χ1) is 16.2. The van der Waals surface area contributed by atoms with Gasteiger partial charge < -0.3 is 14.8 Å². The van der Waals surface area contributed by atoms with Crippen LogP contribution in [0.1, 0.15) is 25.7 Å². The quantitative estimate of drug-likeness (QED) is 0.290. The van der Waals surface area contributed by atoms with Gasteiger partial charge in [-0.3, -0.25) is 4.79 Å². The molecule has 34 heavy (non-hydrogen) atoms. The average molecular weight is 487 g/mol. The summed E-state index contributed by atoms with van der Waals surface area (Å²) in [6, 6.07) is 14.1. The SMILES string of the molecule is COc1cn(-c2cccc(C(F)(F)F)c2)nc1C(=O)Oc1ccc(NC(=O)c2cccs2)cc1. The van der Waals surface area contributed by atoms with Gasteiger partial charge in [-0.2, -0.15) is 18.3 Å². The van der Waals surface area contributed by atoms with E-state index in [-0.39, 0.29) is 28.8 Å². The molecule has 4 rings (SSSR count). The van der Waals surface area contributed by atoms with E-state index in [0.29, 0.717) is 10.6 Å². The number of esters is 1. The second-order valence-electron chi connectivity index (χ2n) is 6.88. The van der Waals surface area contributed by atoms with Gasteiger partial charge in [0.25, 0.3) is 5.91 Å². The number of benzene rings is 2. The van der Waals surface area contributed by atoms with Crippen LogP contribution in [0.15, 0.2) is 72.2 Å². The predicted octanol–water partition coefficient (Wildman–Crippen LogP) is 5.43. The van der Waals surface area contributed by atoms with Crippen LogP contribution in [0.3, 0.4) is 0 Å². The molecule has 0 fully saturated rings. The Morgan fingerprint density at radius 1 is 1.06 bits per heavy atom. The van der Waals surface area contributed by atoms with Crippen molar-refractivity contribution in [3.05, 3.63) is 88.4 Å². The average Bonchev–Trinajstić information content (AvgIpc) is 3.50. The number of halogens is 3. The summed E-state index contributed by atoms with van der Waals surface area (Å²) >= 11 is 1.31. The zero-order chi connectivity index (χ0) is 24.3. The number of alkyl halides is 3. The van der Waals surface area contributed by atoms with E-state index in [1.54, 1.807) is 29.6 Å². The molecule has 11 heteroatoms. The van der Waals surface area contributed by atoms with Gasteiger partial charge in [-0.1, -0.05) is 12.1 Å². The van der Waals surface area contributed by atoms with Gasteiger partial charge in [-0.25, -0.2) is 9.48 Å². The highest BCUT2D eigenvalue weighted by Gasteiger charge is 2.31. The number of carbonyl (C=O) groups excluding carboxylic acids is 2. The van der Waals surface area contributed by atoms with Crippen LogP contribution in [0.5, 0.6) is 11.5 Å². The van der Waals surface area contributed by atoms with Crippen LogP contribution in [0.4, 0.5) is 18.9 Å². The molecule has 2 aromatic heterocycles. The molecule has 2 heterocycles. The Hall–Kier alpha value is -4.12. The molecule has 0 bridgehead atoms. The van der Waals surface area contributed by atoms with Gasteiger partial charge in [0.05, 0.1) is 29.4 Å². The van der Waals surface area contributed by atoms with Crippen molar-refractivity contribution in [2.75, 3.05) is 12.4 Å². The summed E-state index contributed by atoms with van der Waals surface area (Å²) in [6.45, 7) is 0. The van der Waals surface area contributed by atoms with E-state index in [2.05, 4.69) is 10.4 Å². The van der Waals surface area contributed by atoms with Gasteiger partial charge in [-0.05, 0) is 53.9 Å². The van der Waals surface area contributed by atoms with Gasteiger partial charge >= 0.3 is 12.1 Å². The first kappa shape index (κ1) is 23.1. The Morgan fingerprint density at radius 3 is 2.47 bits per heavy atom. The molecular formula is C23H16F3N3O4S. The third kappa shape index (κ3) is 5.09. The minimum Gasteiger partial charge on any atom is -0.493 e. The van der Waals surface area contributed by atoms with E-state index >= 15 is 0 Å². The molecule has 0 aliphatic heterocycles. The van der Waals surface area contributed by atoms with Crippen LogP contribution in [0.2, 0.25) is 0 Å². The van der Waals surface area contributed by atoms with Crippen LogP contribution >= 0.6 is 11.3 Å². The van der Waals surface area contributed by atoms with E-state index in [4.69, 9.17) is 9.47 Å². The molecule has 1 N–H and O–H groups in total. The molecule has 0 atom stereocenters. The van der Waals surface area contributed by atoms with Gasteiger partial charge in [-0.15, -0.1) is 11.3 Å². The van der Waals surface area contributed by atoms with Crippen molar-refractivity contribution >= 4 is 28.9 Å². The van der Waals surface area contributed by atoms with E-state index in [9.17, 15) is 22.8 Å². The number of aromatic nitrogens is 2. The fourth-order valence-corrected chi connectivity index (χ4v) is 3.59. The highest BCUT2D eigenvalue weighted by atomic mass is 32.1. The fraction of sp³-hybridized carbons (Fsp3) is 0.0870. The zero-order valence-corrected chi connectivity index (χ0v) is 18.3. The minimum atomic E-state index is -4.52. The first-order valence-corrected chi connectivity index (χ1v) is 10.6. The Bertz CT molecular complexity index is 1320. The molecule has 0 spiro atoms. The molecular weight excluding hydrogens is 471 g/mol. The lowest BCUT2D eigenvalue weighted by molar-refractivity contribution is -0.137. The van der Waals surface area contributed by atoms with Crippen molar-refractivity contribution in [2.45, 2.75) is 6.18 Å². The Morgan fingerprint density at radius 2 is 1.82 bits per heavy atom. The lowest BCUT2D eigenvalue weighted by Crippen LogP contribution is -2.12. The van der Waals surface area contributed by atoms with Crippen molar-refractivity contribution in [3.8, 4) is 17.2 Å². The number of methoxy groups -OCH3 is 1. The molecule has 7 nitrogen and oxygen atoms in total. The number of amides is 1. The van der Waals surface area contributed by atoms with Crippen molar-refractivity contribution < 1.29 is 32.2 Å². The van der Waals surface area contributed by atoms with Crippen molar-refractivity contribution in [1.29, 1.82) is 0 Å². The highest BCUT2D eigenvalue weighted by molar-refractivity contribution is 7.12. The predicted molar refractivity (Wildman–Crippen MR) is 119 cm³/mol. The van der Waals surface area contributed by atoms with Crippen molar-refractivity contribution in [3.63, 3.8) is 0 Å². The first-order valence-electron chi connectivity index (χ1n) is 9.73. The number of carbonyl (C=O) groups is 2. The van der Waals surface area contributed by atoms with Gasteiger partial charge in [0, 0.05) is 5.69 Å². The summed E-state index contributed by atoms with van der Waals surface area (Å²) in [7, 11) is 1.30. The van der Waals surface area contributed by atoms with E-state index < -0.39 is 17.7 Å². The largest absolute Gasteiger partial charge is 0.493 e. The van der Waals surface area contributed by atoms with Crippen LogP contribution in [0, 0.1) is 0 Å². The monoisotopic (exact) mass is 487 g/mol. The molecule has 0 saturated heterocycles.